The van der Waals surface area contributed by atoms with E-state index >= 15 is 0 Å². The number of nitrogens with one attached hydrogen (secondary N) is 1. The molecule has 120 valence electrons. The van der Waals surface area contributed by atoms with Gasteiger partial charge >= 0.3 is 5.97 Å². The topological polar surface area (TPSA) is 73.9 Å². The molecule has 2 rings (SSSR count). The van der Waals surface area contributed by atoms with Gasteiger partial charge in [0.15, 0.2) is 5.79 Å². The molecule has 1 atom stereocenters. The standard InChI is InChI=1S/C15H18FNO5/c1-9(18)17-10-4-5-13(16)12(6-10)14(19)20-7-11-8-21-15(2,3)22-11/h4-6,11H,7-8H2,1-3H3,(H,17,18). The van der Waals surface area contributed by atoms with E-state index in [0.29, 0.717) is 12.3 Å². The van der Waals surface area contributed by atoms with Crippen LogP contribution in [0.1, 0.15) is 31.1 Å². The van der Waals surface area contributed by atoms with Gasteiger partial charge in [0, 0.05) is 12.6 Å². The van der Waals surface area contributed by atoms with Gasteiger partial charge in [-0.15, -0.1) is 0 Å². The number of anilines is 1. The SMILES string of the molecule is CC(=O)Nc1ccc(F)c(C(=O)OCC2COC(C)(C)O2)c1. The molecule has 1 saturated heterocycles. The van der Waals surface area contributed by atoms with E-state index in [0.717, 1.165) is 6.07 Å². The van der Waals surface area contributed by atoms with E-state index in [4.69, 9.17) is 14.2 Å². The third-order valence-electron chi connectivity index (χ3n) is 2.97. The summed E-state index contributed by atoms with van der Waals surface area (Å²) in [7, 11) is 0. The minimum atomic E-state index is -0.821. The average Bonchev–Trinajstić information content (AvgIpc) is 2.77. The van der Waals surface area contributed by atoms with E-state index in [2.05, 4.69) is 5.32 Å². The van der Waals surface area contributed by atoms with Crippen molar-refractivity contribution >= 4 is 17.6 Å². The lowest BCUT2D eigenvalue weighted by Crippen LogP contribution is -2.25. The first-order valence-corrected chi connectivity index (χ1v) is 6.83. The summed E-state index contributed by atoms with van der Waals surface area (Å²) in [4.78, 5) is 22.9. The smallest absolute Gasteiger partial charge is 0.341 e. The number of benzene rings is 1. The highest BCUT2D eigenvalue weighted by atomic mass is 19.1. The third kappa shape index (κ3) is 4.25. The molecule has 1 fully saturated rings. The lowest BCUT2D eigenvalue weighted by Gasteiger charge is -2.17. The van der Waals surface area contributed by atoms with Crippen LogP contribution in [-0.4, -0.2) is 37.0 Å². The molecule has 1 aliphatic heterocycles. The van der Waals surface area contributed by atoms with Crippen LogP contribution >= 0.6 is 0 Å². The second-order valence-electron chi connectivity index (χ2n) is 5.42. The van der Waals surface area contributed by atoms with Gasteiger partial charge in [-0.05, 0) is 32.0 Å². The number of carbonyl (C=O) groups excluding carboxylic acids is 2. The molecule has 6 nitrogen and oxygen atoms in total. The minimum Gasteiger partial charge on any atom is -0.459 e. The van der Waals surface area contributed by atoms with Gasteiger partial charge in [0.25, 0.3) is 0 Å². The van der Waals surface area contributed by atoms with Crippen molar-refractivity contribution < 1.29 is 28.2 Å². The maximum absolute atomic E-state index is 13.7. The van der Waals surface area contributed by atoms with Crippen LogP contribution in [0.15, 0.2) is 18.2 Å². The highest BCUT2D eigenvalue weighted by Gasteiger charge is 2.33. The highest BCUT2D eigenvalue weighted by molar-refractivity contribution is 5.93. The lowest BCUT2D eigenvalue weighted by molar-refractivity contribution is -0.142. The zero-order valence-electron chi connectivity index (χ0n) is 12.6. The van der Waals surface area contributed by atoms with E-state index < -0.39 is 17.6 Å². The monoisotopic (exact) mass is 311 g/mol. The van der Waals surface area contributed by atoms with Crippen molar-refractivity contribution in [2.75, 3.05) is 18.5 Å². The predicted molar refractivity (Wildman–Crippen MR) is 75.9 cm³/mol. The van der Waals surface area contributed by atoms with Crippen molar-refractivity contribution in [3.63, 3.8) is 0 Å². The summed E-state index contributed by atoms with van der Waals surface area (Å²) in [5, 5.41) is 2.48. The number of amides is 1. The Kier molecular flexibility index (Phi) is 4.77. The minimum absolute atomic E-state index is 0.0356. The van der Waals surface area contributed by atoms with Gasteiger partial charge in [-0.3, -0.25) is 4.79 Å². The molecule has 22 heavy (non-hydrogen) atoms. The van der Waals surface area contributed by atoms with Gasteiger partial charge in [0.05, 0.1) is 12.2 Å². The van der Waals surface area contributed by atoms with Crippen LogP contribution in [0.5, 0.6) is 0 Å². The van der Waals surface area contributed by atoms with Crippen molar-refractivity contribution in [2.24, 2.45) is 0 Å². The molecule has 1 heterocycles. The highest BCUT2D eigenvalue weighted by Crippen LogP contribution is 2.23. The fourth-order valence-corrected chi connectivity index (χ4v) is 2.05. The van der Waals surface area contributed by atoms with Crippen molar-refractivity contribution in [3.8, 4) is 0 Å². The van der Waals surface area contributed by atoms with Gasteiger partial charge in [-0.25, -0.2) is 9.18 Å². The molecule has 0 radical (unpaired) electrons. The van der Waals surface area contributed by atoms with Crippen molar-refractivity contribution in [3.05, 3.63) is 29.6 Å². The van der Waals surface area contributed by atoms with Crippen LogP contribution in [0, 0.1) is 5.82 Å². The van der Waals surface area contributed by atoms with Crippen LogP contribution in [0.25, 0.3) is 0 Å². The Morgan fingerprint density at radius 2 is 2.18 bits per heavy atom. The van der Waals surface area contributed by atoms with Crippen molar-refractivity contribution in [1.82, 2.24) is 0 Å². The molecule has 0 saturated carbocycles. The molecule has 1 N–H and O–H groups in total. The van der Waals surface area contributed by atoms with Gasteiger partial charge in [-0.1, -0.05) is 0 Å². The van der Waals surface area contributed by atoms with E-state index in [1.165, 1.54) is 19.1 Å². The van der Waals surface area contributed by atoms with Crippen molar-refractivity contribution in [1.29, 1.82) is 0 Å². The first-order valence-electron chi connectivity index (χ1n) is 6.83. The average molecular weight is 311 g/mol. The van der Waals surface area contributed by atoms with E-state index in [1.54, 1.807) is 13.8 Å². The van der Waals surface area contributed by atoms with Crippen LogP contribution in [0.4, 0.5) is 10.1 Å². The van der Waals surface area contributed by atoms with Crippen LogP contribution in [0.2, 0.25) is 0 Å². The maximum atomic E-state index is 13.7. The molecule has 1 aliphatic rings. The zero-order valence-corrected chi connectivity index (χ0v) is 12.6. The number of halogens is 1. The molecule has 1 amide bonds. The van der Waals surface area contributed by atoms with Gasteiger partial charge in [0.2, 0.25) is 5.91 Å². The van der Waals surface area contributed by atoms with Crippen LogP contribution < -0.4 is 5.32 Å². The fourth-order valence-electron chi connectivity index (χ4n) is 2.05. The Bertz CT molecular complexity index is 587. The zero-order chi connectivity index (χ0) is 16.3. The van der Waals surface area contributed by atoms with Gasteiger partial charge in [0.1, 0.15) is 18.5 Å². The molecule has 0 spiro atoms. The molecule has 0 aliphatic carbocycles. The van der Waals surface area contributed by atoms with Crippen LogP contribution in [-0.2, 0) is 19.0 Å². The molecule has 1 aromatic rings. The first-order chi connectivity index (χ1) is 10.3. The molecule has 7 heteroatoms. The first kappa shape index (κ1) is 16.4. The molecular formula is C15H18FNO5. The maximum Gasteiger partial charge on any atom is 0.341 e. The molecule has 0 aromatic heterocycles. The summed E-state index contributed by atoms with van der Waals surface area (Å²) in [6.45, 7) is 5.10. The number of hydrogen-bond donors (Lipinski definition) is 1. The second kappa shape index (κ2) is 6.41. The summed E-state index contributed by atoms with van der Waals surface area (Å²) in [6.07, 6.45) is -0.388. The molecule has 1 unspecified atom stereocenters. The summed E-state index contributed by atoms with van der Waals surface area (Å²) >= 11 is 0. The number of rotatable bonds is 4. The Labute approximate surface area is 127 Å². The number of ether oxygens (including phenoxy) is 3. The Hall–Kier alpha value is -1.99. The molecule has 1 aromatic carbocycles. The summed E-state index contributed by atoms with van der Waals surface area (Å²) in [6, 6.07) is 3.69. The lowest BCUT2D eigenvalue weighted by atomic mass is 10.2. The number of hydrogen-bond acceptors (Lipinski definition) is 5. The van der Waals surface area contributed by atoms with Gasteiger partial charge < -0.3 is 19.5 Å². The Morgan fingerprint density at radius 1 is 1.45 bits per heavy atom. The van der Waals surface area contributed by atoms with Crippen LogP contribution in [0.3, 0.4) is 0 Å². The van der Waals surface area contributed by atoms with E-state index in [-0.39, 0.29) is 24.2 Å². The quantitative estimate of drug-likeness (QED) is 0.862. The van der Waals surface area contributed by atoms with Crippen molar-refractivity contribution in [2.45, 2.75) is 32.7 Å². The normalized spacial score (nSPS) is 19.7. The Balaban J connectivity index is 1.98. The Morgan fingerprint density at radius 3 is 2.77 bits per heavy atom. The second-order valence-corrected chi connectivity index (χ2v) is 5.42. The molecule has 0 bridgehead atoms. The number of esters is 1. The summed E-state index contributed by atoms with van der Waals surface area (Å²) in [5.74, 6) is -2.57. The largest absolute Gasteiger partial charge is 0.459 e. The van der Waals surface area contributed by atoms with Gasteiger partial charge in [-0.2, -0.15) is 0 Å². The fraction of sp³-hybridized carbons (Fsp3) is 0.467. The number of carbonyl (C=O) groups is 2. The summed E-state index contributed by atoms with van der Waals surface area (Å²) < 4.78 is 29.6. The summed E-state index contributed by atoms with van der Waals surface area (Å²) in [5.41, 5.74) is 0.0758. The molecular weight excluding hydrogens is 293 g/mol. The predicted octanol–water partition coefficient (Wildman–Crippen LogP) is 2.09. The van der Waals surface area contributed by atoms with E-state index in [1.807, 2.05) is 0 Å². The third-order valence-corrected chi connectivity index (χ3v) is 2.97. The van der Waals surface area contributed by atoms with E-state index in [9.17, 15) is 14.0 Å².